The van der Waals surface area contributed by atoms with Crippen molar-refractivity contribution in [2.24, 2.45) is 0 Å². The Bertz CT molecular complexity index is 929. The molecular formula is C23H25FN4O. The van der Waals surface area contributed by atoms with Crippen LogP contribution in [0.3, 0.4) is 0 Å². The van der Waals surface area contributed by atoms with Crippen LogP contribution in [0, 0.1) is 5.82 Å². The third-order valence-electron chi connectivity index (χ3n) is 5.10. The smallest absolute Gasteiger partial charge is 0.123 e. The molecule has 2 aromatic heterocycles. The van der Waals surface area contributed by atoms with Gasteiger partial charge in [0, 0.05) is 62.4 Å². The predicted molar refractivity (Wildman–Crippen MR) is 112 cm³/mol. The summed E-state index contributed by atoms with van der Waals surface area (Å²) >= 11 is 0. The summed E-state index contributed by atoms with van der Waals surface area (Å²) in [5.41, 5.74) is 4.77. The first-order valence-corrected chi connectivity index (χ1v) is 9.96. The maximum atomic E-state index is 13.7. The Morgan fingerprint density at radius 2 is 1.83 bits per heavy atom. The second-order valence-electron chi connectivity index (χ2n) is 7.11. The molecule has 3 heterocycles. The summed E-state index contributed by atoms with van der Waals surface area (Å²) in [7, 11) is 0. The van der Waals surface area contributed by atoms with E-state index in [0.717, 1.165) is 67.3 Å². The van der Waals surface area contributed by atoms with Crippen LogP contribution in [0.5, 0.6) is 0 Å². The maximum absolute atomic E-state index is 13.7. The van der Waals surface area contributed by atoms with Crippen LogP contribution >= 0.6 is 0 Å². The van der Waals surface area contributed by atoms with E-state index in [1.807, 2.05) is 24.4 Å². The molecule has 5 nitrogen and oxygen atoms in total. The van der Waals surface area contributed by atoms with Crippen molar-refractivity contribution >= 4 is 0 Å². The third-order valence-corrected chi connectivity index (χ3v) is 5.10. The fourth-order valence-electron chi connectivity index (χ4n) is 3.53. The minimum atomic E-state index is -0.245. The number of rotatable bonds is 7. The van der Waals surface area contributed by atoms with E-state index in [1.165, 1.54) is 6.07 Å². The predicted octanol–water partition coefficient (Wildman–Crippen LogP) is 3.37. The van der Waals surface area contributed by atoms with Crippen LogP contribution in [-0.2, 0) is 11.3 Å². The molecule has 1 aromatic carbocycles. The van der Waals surface area contributed by atoms with E-state index < -0.39 is 0 Å². The number of aromatic nitrogens is 2. The van der Waals surface area contributed by atoms with Gasteiger partial charge in [-0.2, -0.15) is 0 Å². The number of pyridine rings is 2. The molecule has 0 amide bonds. The number of hydrogen-bond acceptors (Lipinski definition) is 5. The molecule has 0 radical (unpaired) electrons. The lowest BCUT2D eigenvalue weighted by Gasteiger charge is -2.26. The second-order valence-corrected chi connectivity index (χ2v) is 7.11. The van der Waals surface area contributed by atoms with Crippen molar-refractivity contribution in [2.45, 2.75) is 6.54 Å². The zero-order valence-corrected chi connectivity index (χ0v) is 16.4. The number of morpholine rings is 1. The van der Waals surface area contributed by atoms with E-state index in [-0.39, 0.29) is 5.82 Å². The van der Waals surface area contributed by atoms with Crippen LogP contribution in [0.4, 0.5) is 4.39 Å². The van der Waals surface area contributed by atoms with Gasteiger partial charge in [-0.15, -0.1) is 0 Å². The molecular weight excluding hydrogens is 367 g/mol. The fourth-order valence-corrected chi connectivity index (χ4v) is 3.53. The Morgan fingerprint density at radius 1 is 1.00 bits per heavy atom. The first-order chi connectivity index (χ1) is 14.3. The molecule has 0 bridgehead atoms. The van der Waals surface area contributed by atoms with Gasteiger partial charge in [0.2, 0.25) is 0 Å². The summed E-state index contributed by atoms with van der Waals surface area (Å²) in [6, 6.07) is 12.6. The highest BCUT2D eigenvalue weighted by molar-refractivity contribution is 5.69. The van der Waals surface area contributed by atoms with Gasteiger partial charge >= 0.3 is 0 Å². The molecule has 0 saturated carbocycles. The molecule has 0 spiro atoms. The van der Waals surface area contributed by atoms with Crippen molar-refractivity contribution < 1.29 is 9.13 Å². The summed E-state index contributed by atoms with van der Waals surface area (Å²) in [4.78, 5) is 11.2. The van der Waals surface area contributed by atoms with Crippen molar-refractivity contribution in [1.29, 1.82) is 0 Å². The van der Waals surface area contributed by atoms with Gasteiger partial charge in [-0.1, -0.05) is 12.1 Å². The van der Waals surface area contributed by atoms with Gasteiger partial charge in [-0.05, 0) is 41.5 Å². The molecule has 0 unspecified atom stereocenters. The highest BCUT2D eigenvalue weighted by atomic mass is 19.1. The lowest BCUT2D eigenvalue weighted by Crippen LogP contribution is -2.40. The standard InChI is InChI=1S/C23H25FN4O/c24-22-3-1-2-19(15-22)20-14-21(16-26-8-9-28-10-12-29-13-11-28)23(27-17-20)18-4-6-25-7-5-18/h1-7,14-15,17,26H,8-13,16H2. The molecule has 29 heavy (non-hydrogen) atoms. The highest BCUT2D eigenvalue weighted by Gasteiger charge is 2.12. The number of halogens is 1. The average molecular weight is 392 g/mol. The van der Waals surface area contributed by atoms with Crippen molar-refractivity contribution in [3.05, 3.63) is 72.4 Å². The lowest BCUT2D eigenvalue weighted by molar-refractivity contribution is 0.0384. The molecule has 1 aliphatic rings. The summed E-state index contributed by atoms with van der Waals surface area (Å²) in [6.45, 7) is 6.17. The Labute approximate surface area is 170 Å². The zero-order valence-electron chi connectivity index (χ0n) is 16.4. The Morgan fingerprint density at radius 3 is 2.62 bits per heavy atom. The molecule has 3 aromatic rings. The Kier molecular flexibility index (Phi) is 6.56. The van der Waals surface area contributed by atoms with Crippen LogP contribution in [0.25, 0.3) is 22.4 Å². The second kappa shape index (κ2) is 9.69. The summed E-state index contributed by atoms with van der Waals surface area (Å²) in [5, 5.41) is 3.54. The summed E-state index contributed by atoms with van der Waals surface area (Å²) in [6.07, 6.45) is 5.35. The Hall–Kier alpha value is -2.67. The van der Waals surface area contributed by atoms with Crippen molar-refractivity contribution in [3.63, 3.8) is 0 Å². The SMILES string of the molecule is Fc1cccc(-c2cnc(-c3ccncc3)c(CNCCN3CCOCC3)c2)c1. The van der Waals surface area contributed by atoms with E-state index in [0.29, 0.717) is 6.54 Å². The number of benzene rings is 1. The highest BCUT2D eigenvalue weighted by Crippen LogP contribution is 2.27. The number of nitrogens with zero attached hydrogens (tertiary/aromatic N) is 3. The topological polar surface area (TPSA) is 50.3 Å². The van der Waals surface area contributed by atoms with Crippen molar-refractivity contribution in [1.82, 2.24) is 20.2 Å². The van der Waals surface area contributed by atoms with Gasteiger partial charge in [-0.25, -0.2) is 4.39 Å². The van der Waals surface area contributed by atoms with Gasteiger partial charge in [0.15, 0.2) is 0 Å². The largest absolute Gasteiger partial charge is 0.379 e. The van der Waals surface area contributed by atoms with Gasteiger partial charge in [0.1, 0.15) is 5.82 Å². The minimum Gasteiger partial charge on any atom is -0.379 e. The van der Waals surface area contributed by atoms with Crippen molar-refractivity contribution in [2.75, 3.05) is 39.4 Å². The van der Waals surface area contributed by atoms with Gasteiger partial charge in [0.25, 0.3) is 0 Å². The van der Waals surface area contributed by atoms with Crippen molar-refractivity contribution in [3.8, 4) is 22.4 Å². The maximum Gasteiger partial charge on any atom is 0.123 e. The molecule has 6 heteroatoms. The average Bonchev–Trinajstić information content (AvgIpc) is 2.78. The number of hydrogen-bond donors (Lipinski definition) is 1. The van der Waals surface area contributed by atoms with E-state index >= 15 is 0 Å². The third kappa shape index (κ3) is 5.23. The molecule has 1 saturated heterocycles. The van der Waals surface area contributed by atoms with Crippen LogP contribution in [0.2, 0.25) is 0 Å². The van der Waals surface area contributed by atoms with E-state index in [4.69, 9.17) is 9.72 Å². The molecule has 1 N–H and O–H groups in total. The molecule has 0 aliphatic carbocycles. The molecule has 4 rings (SSSR count). The first kappa shape index (κ1) is 19.6. The van der Waals surface area contributed by atoms with E-state index in [9.17, 15) is 4.39 Å². The van der Waals surface area contributed by atoms with Gasteiger partial charge < -0.3 is 10.1 Å². The lowest BCUT2D eigenvalue weighted by atomic mass is 10.0. The normalized spacial score (nSPS) is 14.8. The Balaban J connectivity index is 1.52. The van der Waals surface area contributed by atoms with Gasteiger partial charge in [-0.3, -0.25) is 14.9 Å². The monoisotopic (exact) mass is 392 g/mol. The molecule has 1 fully saturated rings. The first-order valence-electron chi connectivity index (χ1n) is 9.96. The van der Waals surface area contributed by atoms with Crippen LogP contribution < -0.4 is 5.32 Å². The quantitative estimate of drug-likeness (QED) is 0.625. The van der Waals surface area contributed by atoms with Crippen LogP contribution in [0.15, 0.2) is 61.1 Å². The molecule has 0 atom stereocenters. The number of ether oxygens (including phenoxy) is 1. The molecule has 1 aliphatic heterocycles. The molecule has 150 valence electrons. The number of nitrogens with one attached hydrogen (secondary N) is 1. The van der Waals surface area contributed by atoms with E-state index in [1.54, 1.807) is 24.5 Å². The summed E-state index contributed by atoms with van der Waals surface area (Å²) in [5.74, 6) is -0.245. The van der Waals surface area contributed by atoms with Crippen LogP contribution in [0.1, 0.15) is 5.56 Å². The van der Waals surface area contributed by atoms with Gasteiger partial charge in [0.05, 0.1) is 18.9 Å². The fraction of sp³-hybridized carbons (Fsp3) is 0.304. The van der Waals surface area contributed by atoms with Crippen LogP contribution in [-0.4, -0.2) is 54.3 Å². The zero-order chi connectivity index (χ0) is 19.9. The minimum absolute atomic E-state index is 0.245. The van der Waals surface area contributed by atoms with E-state index in [2.05, 4.69) is 21.3 Å². The summed E-state index contributed by atoms with van der Waals surface area (Å²) < 4.78 is 19.1.